The van der Waals surface area contributed by atoms with Gasteiger partial charge in [0, 0.05) is 38.1 Å². The second kappa shape index (κ2) is 7.15. The summed E-state index contributed by atoms with van der Waals surface area (Å²) >= 11 is 0. The maximum atomic E-state index is 5.31. The first kappa shape index (κ1) is 15.4. The topological polar surface area (TPSA) is 57.4 Å². The number of likely N-dealkylation sites (N-methyl/N-ethyl adjacent to an activating group) is 2. The van der Waals surface area contributed by atoms with Crippen LogP contribution in [0.2, 0.25) is 0 Å². The fourth-order valence-corrected chi connectivity index (χ4v) is 2.38. The van der Waals surface area contributed by atoms with Gasteiger partial charge in [0.2, 0.25) is 5.89 Å². The third-order valence-corrected chi connectivity index (χ3v) is 4.12. The van der Waals surface area contributed by atoms with E-state index < -0.39 is 0 Å². The Morgan fingerprint density at radius 2 is 2.20 bits per heavy atom. The number of rotatable bonds is 6. The molecule has 1 fully saturated rings. The van der Waals surface area contributed by atoms with Crippen molar-refractivity contribution in [3.05, 3.63) is 11.7 Å². The molecule has 1 aromatic heterocycles. The van der Waals surface area contributed by atoms with Crippen LogP contribution >= 0.6 is 0 Å². The molecule has 0 saturated carbocycles. The average Bonchev–Trinajstić information content (AvgIpc) is 2.88. The normalized spacial score (nSPS) is 23.1. The molecule has 0 aliphatic carbocycles. The molecule has 0 radical (unpaired) electrons. The second-order valence-corrected chi connectivity index (χ2v) is 5.90. The standard InChI is InChI=1S/C14H27N5O/c1-5-11(2)15-9-14-16-13(17-20-14)8-12-10-18(3)6-7-19(12)4/h11-12,15H,5-10H2,1-4H3. The van der Waals surface area contributed by atoms with Crippen LogP contribution in [-0.2, 0) is 13.0 Å². The van der Waals surface area contributed by atoms with Gasteiger partial charge in [-0.2, -0.15) is 4.98 Å². The highest BCUT2D eigenvalue weighted by molar-refractivity contribution is 4.93. The van der Waals surface area contributed by atoms with Crippen LogP contribution in [0.15, 0.2) is 4.52 Å². The van der Waals surface area contributed by atoms with E-state index in [0.29, 0.717) is 24.5 Å². The van der Waals surface area contributed by atoms with E-state index in [1.807, 2.05) is 0 Å². The molecule has 2 atom stereocenters. The van der Waals surface area contributed by atoms with E-state index in [9.17, 15) is 0 Å². The van der Waals surface area contributed by atoms with Crippen molar-refractivity contribution < 1.29 is 4.52 Å². The predicted molar refractivity (Wildman–Crippen MR) is 78.5 cm³/mol. The molecule has 2 unspecified atom stereocenters. The molecule has 0 spiro atoms. The van der Waals surface area contributed by atoms with Gasteiger partial charge in [0.05, 0.1) is 6.54 Å². The Labute approximate surface area is 121 Å². The molecule has 1 aliphatic rings. The lowest BCUT2D eigenvalue weighted by molar-refractivity contribution is 0.113. The lowest BCUT2D eigenvalue weighted by atomic mass is 10.1. The van der Waals surface area contributed by atoms with Crippen molar-refractivity contribution in [2.75, 3.05) is 33.7 Å². The first-order chi connectivity index (χ1) is 9.58. The summed E-state index contributed by atoms with van der Waals surface area (Å²) in [5.74, 6) is 1.50. The molecule has 2 rings (SSSR count). The van der Waals surface area contributed by atoms with E-state index in [1.165, 1.54) is 0 Å². The van der Waals surface area contributed by atoms with Crippen LogP contribution in [0.5, 0.6) is 0 Å². The monoisotopic (exact) mass is 281 g/mol. The molecular weight excluding hydrogens is 254 g/mol. The van der Waals surface area contributed by atoms with Crippen molar-refractivity contribution in [1.29, 1.82) is 0 Å². The molecule has 6 nitrogen and oxygen atoms in total. The maximum Gasteiger partial charge on any atom is 0.240 e. The second-order valence-electron chi connectivity index (χ2n) is 5.90. The van der Waals surface area contributed by atoms with Gasteiger partial charge in [0.1, 0.15) is 0 Å². The van der Waals surface area contributed by atoms with Gasteiger partial charge in [-0.1, -0.05) is 12.1 Å². The fraction of sp³-hybridized carbons (Fsp3) is 0.857. The van der Waals surface area contributed by atoms with Crippen molar-refractivity contribution in [3.8, 4) is 0 Å². The summed E-state index contributed by atoms with van der Waals surface area (Å²) in [5, 5.41) is 7.47. The number of piperazine rings is 1. The van der Waals surface area contributed by atoms with E-state index in [4.69, 9.17) is 4.52 Å². The minimum absolute atomic E-state index is 0.474. The molecule has 2 heterocycles. The van der Waals surface area contributed by atoms with E-state index in [2.05, 4.69) is 53.2 Å². The van der Waals surface area contributed by atoms with E-state index in [-0.39, 0.29) is 0 Å². The molecule has 6 heteroatoms. The quantitative estimate of drug-likeness (QED) is 0.830. The van der Waals surface area contributed by atoms with Crippen molar-refractivity contribution >= 4 is 0 Å². The van der Waals surface area contributed by atoms with Gasteiger partial charge in [0.15, 0.2) is 5.82 Å². The molecule has 0 amide bonds. The minimum Gasteiger partial charge on any atom is -0.338 e. The summed E-state index contributed by atoms with van der Waals surface area (Å²) < 4.78 is 5.31. The van der Waals surface area contributed by atoms with Crippen LogP contribution in [0.4, 0.5) is 0 Å². The summed E-state index contributed by atoms with van der Waals surface area (Å²) in [6, 6.07) is 0.949. The molecule has 1 aromatic rings. The van der Waals surface area contributed by atoms with Crippen molar-refractivity contribution in [2.45, 2.75) is 45.3 Å². The van der Waals surface area contributed by atoms with E-state index in [0.717, 1.165) is 38.3 Å². The van der Waals surface area contributed by atoms with Gasteiger partial charge >= 0.3 is 0 Å². The highest BCUT2D eigenvalue weighted by atomic mass is 16.5. The Hall–Kier alpha value is -0.980. The number of aromatic nitrogens is 2. The highest BCUT2D eigenvalue weighted by Gasteiger charge is 2.24. The lowest BCUT2D eigenvalue weighted by Gasteiger charge is -2.37. The zero-order valence-electron chi connectivity index (χ0n) is 13.1. The maximum absolute atomic E-state index is 5.31. The zero-order valence-corrected chi connectivity index (χ0v) is 13.1. The largest absolute Gasteiger partial charge is 0.338 e. The molecular formula is C14H27N5O. The summed E-state index contributed by atoms with van der Waals surface area (Å²) in [6.07, 6.45) is 1.95. The first-order valence-electron chi connectivity index (χ1n) is 7.52. The van der Waals surface area contributed by atoms with E-state index >= 15 is 0 Å². The Morgan fingerprint density at radius 1 is 1.40 bits per heavy atom. The smallest absolute Gasteiger partial charge is 0.240 e. The molecule has 20 heavy (non-hydrogen) atoms. The summed E-state index contributed by atoms with van der Waals surface area (Å²) in [6.45, 7) is 8.26. The SMILES string of the molecule is CCC(C)NCc1nc(CC2CN(C)CCN2C)no1. The van der Waals surface area contributed by atoms with Crippen LogP contribution in [0.1, 0.15) is 32.0 Å². The van der Waals surface area contributed by atoms with E-state index in [1.54, 1.807) is 0 Å². The van der Waals surface area contributed by atoms with Gasteiger partial charge in [-0.3, -0.25) is 0 Å². The van der Waals surface area contributed by atoms with Crippen molar-refractivity contribution in [1.82, 2.24) is 25.3 Å². The van der Waals surface area contributed by atoms with Crippen LogP contribution in [0, 0.1) is 0 Å². The van der Waals surface area contributed by atoms with Crippen LogP contribution in [0.3, 0.4) is 0 Å². The van der Waals surface area contributed by atoms with Gasteiger partial charge in [-0.25, -0.2) is 0 Å². The third-order valence-electron chi connectivity index (χ3n) is 4.12. The van der Waals surface area contributed by atoms with Crippen LogP contribution in [-0.4, -0.2) is 65.8 Å². The highest BCUT2D eigenvalue weighted by Crippen LogP contribution is 2.11. The van der Waals surface area contributed by atoms with Gasteiger partial charge in [-0.05, 0) is 27.4 Å². The lowest BCUT2D eigenvalue weighted by Crippen LogP contribution is -2.50. The number of hydrogen-bond donors (Lipinski definition) is 1. The van der Waals surface area contributed by atoms with Crippen LogP contribution < -0.4 is 5.32 Å². The number of nitrogens with zero attached hydrogens (tertiary/aromatic N) is 4. The minimum atomic E-state index is 0.474. The van der Waals surface area contributed by atoms with Gasteiger partial charge in [-0.15, -0.1) is 0 Å². The summed E-state index contributed by atoms with van der Waals surface area (Å²) in [7, 11) is 4.33. The Morgan fingerprint density at radius 3 is 2.95 bits per heavy atom. The Balaban J connectivity index is 1.85. The molecule has 1 N–H and O–H groups in total. The summed E-state index contributed by atoms with van der Waals surface area (Å²) in [4.78, 5) is 9.22. The predicted octanol–water partition coefficient (Wildman–Crippen LogP) is 0.746. The molecule has 114 valence electrons. The third kappa shape index (κ3) is 4.26. The molecule has 0 bridgehead atoms. The molecule has 0 aromatic carbocycles. The van der Waals surface area contributed by atoms with Gasteiger partial charge < -0.3 is 19.6 Å². The number of hydrogen-bond acceptors (Lipinski definition) is 6. The Kier molecular flexibility index (Phi) is 5.51. The first-order valence-corrected chi connectivity index (χ1v) is 7.52. The Bertz CT molecular complexity index is 408. The summed E-state index contributed by atoms with van der Waals surface area (Å²) in [5.41, 5.74) is 0. The molecule has 1 saturated heterocycles. The van der Waals surface area contributed by atoms with Gasteiger partial charge in [0.25, 0.3) is 0 Å². The average molecular weight is 281 g/mol. The van der Waals surface area contributed by atoms with Crippen molar-refractivity contribution in [3.63, 3.8) is 0 Å². The fourth-order valence-electron chi connectivity index (χ4n) is 2.38. The zero-order chi connectivity index (χ0) is 14.5. The van der Waals surface area contributed by atoms with Crippen LogP contribution in [0.25, 0.3) is 0 Å². The van der Waals surface area contributed by atoms with Crippen molar-refractivity contribution in [2.24, 2.45) is 0 Å². The number of nitrogens with one attached hydrogen (secondary N) is 1. The molecule has 1 aliphatic heterocycles.